The molecule has 2 N–H and O–H groups in total. The van der Waals surface area contributed by atoms with Gasteiger partial charge in [0.2, 0.25) is 0 Å². The number of anilines is 1. The molecule has 3 aromatic carbocycles. The Morgan fingerprint density at radius 2 is 1.74 bits per heavy atom. The summed E-state index contributed by atoms with van der Waals surface area (Å²) in [6.07, 6.45) is 0.518. The van der Waals surface area contributed by atoms with Crippen LogP contribution in [-0.4, -0.2) is 47.3 Å². The molecule has 0 bridgehead atoms. The minimum atomic E-state index is -0.556. The second-order valence-corrected chi connectivity index (χ2v) is 10.1. The van der Waals surface area contributed by atoms with Gasteiger partial charge >= 0.3 is 0 Å². The number of hydrazone groups is 1. The predicted octanol–water partition coefficient (Wildman–Crippen LogP) is 3.72. The van der Waals surface area contributed by atoms with Crippen LogP contribution in [0.2, 0.25) is 0 Å². The first-order valence-corrected chi connectivity index (χ1v) is 13.1. The van der Waals surface area contributed by atoms with Crippen LogP contribution in [0, 0.1) is 0 Å². The molecular formula is C29H23N5O4S. The second kappa shape index (κ2) is 9.88. The number of aliphatic imine (C=N–C) groups is 1. The van der Waals surface area contributed by atoms with Crippen molar-refractivity contribution in [2.24, 2.45) is 15.8 Å². The van der Waals surface area contributed by atoms with Crippen molar-refractivity contribution >= 4 is 51.6 Å². The van der Waals surface area contributed by atoms with E-state index in [4.69, 9.17) is 15.6 Å². The molecule has 3 heterocycles. The fourth-order valence-corrected chi connectivity index (χ4v) is 5.74. The Balaban J connectivity index is 1.34. The molecule has 9 nitrogen and oxygen atoms in total. The first kappa shape index (κ1) is 24.6. The average Bonchev–Trinajstić information content (AvgIpc) is 3.63. The summed E-state index contributed by atoms with van der Waals surface area (Å²) in [7, 11) is 1.60. The number of carbonyl (C=O) groups excluding carboxylic acids is 3. The third-order valence-electron chi connectivity index (χ3n) is 6.83. The number of nitrogens with zero attached hydrogens (tertiary/aromatic N) is 4. The Labute approximate surface area is 228 Å². The van der Waals surface area contributed by atoms with E-state index in [1.165, 1.54) is 9.91 Å². The number of methoxy groups -OCH3 is 1. The van der Waals surface area contributed by atoms with Gasteiger partial charge in [0.15, 0.2) is 5.17 Å². The lowest BCUT2D eigenvalue weighted by molar-refractivity contribution is -0.132. The van der Waals surface area contributed by atoms with Gasteiger partial charge in [-0.25, -0.2) is 5.01 Å². The molecule has 0 saturated carbocycles. The summed E-state index contributed by atoms with van der Waals surface area (Å²) in [5.74, 6) is -0.641. The normalized spacial score (nSPS) is 20.3. The standard InChI is InChI=1S/C29H23N5O4S/c1-38-19-13-11-18(12-14-19)23-15-21(17-7-3-2-4-8-17)32-34(23)24(35)16-33-22-10-6-5-9-20(22)25(28(33)37)26-27(36)31-29(30)39-26/h2-14,23H,15-16H2,1H3,(H2,30,31,36)/b26-25-. The molecule has 3 amide bonds. The molecule has 0 fully saturated rings. The second-order valence-electron chi connectivity index (χ2n) is 9.11. The number of ether oxygens (including phenoxy) is 1. The number of fused-ring (bicyclic) bond motifs is 1. The van der Waals surface area contributed by atoms with Gasteiger partial charge in [-0.2, -0.15) is 10.1 Å². The minimum absolute atomic E-state index is 0.0875. The van der Waals surface area contributed by atoms with Gasteiger partial charge in [0.1, 0.15) is 12.3 Å². The van der Waals surface area contributed by atoms with Gasteiger partial charge in [-0.15, -0.1) is 0 Å². The van der Waals surface area contributed by atoms with Crippen LogP contribution in [0.5, 0.6) is 5.75 Å². The fourth-order valence-electron chi connectivity index (χ4n) is 4.97. The van der Waals surface area contributed by atoms with Gasteiger partial charge in [0.25, 0.3) is 17.7 Å². The summed E-state index contributed by atoms with van der Waals surface area (Å²) in [4.78, 5) is 45.3. The molecule has 10 heteroatoms. The number of benzene rings is 3. The number of thioether (sulfide) groups is 1. The summed E-state index contributed by atoms with van der Waals surface area (Å²) < 4.78 is 5.30. The lowest BCUT2D eigenvalue weighted by atomic mass is 9.98. The molecule has 1 unspecified atom stereocenters. The van der Waals surface area contributed by atoms with Crippen LogP contribution < -0.4 is 15.4 Å². The summed E-state index contributed by atoms with van der Waals surface area (Å²) >= 11 is 0.966. The van der Waals surface area contributed by atoms with E-state index in [2.05, 4.69) is 4.99 Å². The Morgan fingerprint density at radius 1 is 1.03 bits per heavy atom. The number of nitrogens with two attached hydrogens (primary N) is 1. The maximum absolute atomic E-state index is 13.9. The van der Waals surface area contributed by atoms with E-state index < -0.39 is 11.8 Å². The number of amides is 3. The maximum atomic E-state index is 13.9. The van der Waals surface area contributed by atoms with Crippen LogP contribution in [0.4, 0.5) is 5.69 Å². The molecule has 0 radical (unpaired) electrons. The lowest BCUT2D eigenvalue weighted by Gasteiger charge is -2.25. The van der Waals surface area contributed by atoms with E-state index in [1.807, 2.05) is 54.6 Å². The molecule has 0 aromatic heterocycles. The SMILES string of the molecule is COc1ccc(C2CC(c3ccccc3)=NN2C(=O)CN2C(=O)/C(=C3\SC(N)=NC3=O)c3ccccc32)cc1. The number of hydrogen-bond acceptors (Lipinski definition) is 7. The fraction of sp³-hybridized carbons (Fsp3) is 0.138. The van der Waals surface area contributed by atoms with Crippen LogP contribution in [0.1, 0.15) is 29.2 Å². The third kappa shape index (κ3) is 4.38. The van der Waals surface area contributed by atoms with E-state index in [0.717, 1.165) is 28.6 Å². The molecule has 0 aliphatic carbocycles. The summed E-state index contributed by atoms with van der Waals surface area (Å²) in [5.41, 5.74) is 9.67. The van der Waals surface area contributed by atoms with E-state index in [-0.39, 0.29) is 34.1 Å². The van der Waals surface area contributed by atoms with Crippen molar-refractivity contribution in [3.8, 4) is 5.75 Å². The van der Waals surface area contributed by atoms with E-state index in [0.29, 0.717) is 23.4 Å². The Hall–Kier alpha value is -4.70. The summed E-state index contributed by atoms with van der Waals surface area (Å²) in [5, 5.41) is 6.27. The molecule has 194 valence electrons. The zero-order valence-electron chi connectivity index (χ0n) is 20.9. The molecule has 3 aliphatic heterocycles. The predicted molar refractivity (Wildman–Crippen MR) is 150 cm³/mol. The van der Waals surface area contributed by atoms with Crippen molar-refractivity contribution in [1.29, 1.82) is 0 Å². The topological polar surface area (TPSA) is 118 Å². The highest BCUT2D eigenvalue weighted by Gasteiger charge is 2.41. The first-order chi connectivity index (χ1) is 18.9. The van der Waals surface area contributed by atoms with Gasteiger partial charge < -0.3 is 10.5 Å². The van der Waals surface area contributed by atoms with Crippen LogP contribution in [-0.2, 0) is 14.4 Å². The average molecular weight is 538 g/mol. The van der Waals surface area contributed by atoms with Gasteiger partial charge in [0, 0.05) is 12.0 Å². The molecule has 0 spiro atoms. The molecule has 1 atom stereocenters. The Kier molecular flexibility index (Phi) is 6.24. The third-order valence-corrected chi connectivity index (χ3v) is 7.71. The molecule has 6 rings (SSSR count). The van der Waals surface area contributed by atoms with Crippen molar-refractivity contribution in [2.45, 2.75) is 12.5 Å². The number of carbonyl (C=O) groups is 3. The molecule has 39 heavy (non-hydrogen) atoms. The summed E-state index contributed by atoms with van der Waals surface area (Å²) in [6, 6.07) is 24.0. The number of amidine groups is 1. The van der Waals surface area contributed by atoms with Crippen molar-refractivity contribution < 1.29 is 19.1 Å². The molecular weight excluding hydrogens is 514 g/mol. The highest BCUT2D eigenvalue weighted by atomic mass is 32.2. The quantitative estimate of drug-likeness (QED) is 0.496. The van der Waals surface area contributed by atoms with Crippen LogP contribution in [0.25, 0.3) is 5.57 Å². The zero-order valence-corrected chi connectivity index (χ0v) is 21.7. The maximum Gasteiger partial charge on any atom is 0.287 e. The van der Waals surface area contributed by atoms with Crippen molar-refractivity contribution in [1.82, 2.24) is 5.01 Å². The number of para-hydroxylation sites is 1. The first-order valence-electron chi connectivity index (χ1n) is 12.3. The van der Waals surface area contributed by atoms with Gasteiger partial charge in [-0.3, -0.25) is 19.3 Å². The van der Waals surface area contributed by atoms with E-state index in [9.17, 15) is 14.4 Å². The number of rotatable bonds is 5. The van der Waals surface area contributed by atoms with Crippen molar-refractivity contribution in [3.63, 3.8) is 0 Å². The van der Waals surface area contributed by atoms with Crippen molar-refractivity contribution in [2.75, 3.05) is 18.6 Å². The Morgan fingerprint density at radius 3 is 2.44 bits per heavy atom. The van der Waals surface area contributed by atoms with Crippen molar-refractivity contribution in [3.05, 3.63) is 100 Å². The smallest absolute Gasteiger partial charge is 0.287 e. The molecule has 3 aliphatic rings. The van der Waals surface area contributed by atoms with Crippen LogP contribution in [0.3, 0.4) is 0 Å². The number of hydrogen-bond donors (Lipinski definition) is 1. The van der Waals surface area contributed by atoms with Gasteiger partial charge in [0.05, 0.1) is 35.0 Å². The highest BCUT2D eigenvalue weighted by molar-refractivity contribution is 8.18. The minimum Gasteiger partial charge on any atom is -0.497 e. The highest BCUT2D eigenvalue weighted by Crippen LogP contribution is 2.43. The summed E-state index contributed by atoms with van der Waals surface area (Å²) in [6.45, 7) is -0.250. The molecule has 0 saturated heterocycles. The largest absolute Gasteiger partial charge is 0.497 e. The van der Waals surface area contributed by atoms with Crippen LogP contribution in [0.15, 0.2) is 93.9 Å². The lowest BCUT2D eigenvalue weighted by Crippen LogP contribution is -2.39. The van der Waals surface area contributed by atoms with Gasteiger partial charge in [-0.05, 0) is 41.1 Å². The monoisotopic (exact) mass is 537 g/mol. The van der Waals surface area contributed by atoms with Crippen LogP contribution >= 0.6 is 11.8 Å². The molecule has 3 aromatic rings. The Bertz CT molecular complexity index is 1600. The van der Waals surface area contributed by atoms with E-state index in [1.54, 1.807) is 31.4 Å². The van der Waals surface area contributed by atoms with Gasteiger partial charge in [-0.1, -0.05) is 60.7 Å². The van der Waals surface area contributed by atoms with E-state index >= 15 is 0 Å². The zero-order chi connectivity index (χ0) is 27.1.